The molecule has 3 aromatic rings. The molecule has 1 fully saturated rings. The Balaban J connectivity index is 1.79. The maximum Gasteiger partial charge on any atom is 0.300 e. The van der Waals surface area contributed by atoms with Gasteiger partial charge in [0.2, 0.25) is 5.43 Å². The van der Waals surface area contributed by atoms with Gasteiger partial charge < -0.3 is 19.4 Å². The molecule has 1 aliphatic rings. The summed E-state index contributed by atoms with van der Waals surface area (Å²) in [5.41, 5.74) is 1.26. The number of carbonyl (C=O) groups excluding carboxylic acids is 1. The molecule has 0 spiro atoms. The average Bonchev–Trinajstić information content (AvgIpc) is 3.15. The number of hydrogen-bond donors (Lipinski definition) is 1. The summed E-state index contributed by atoms with van der Waals surface area (Å²) in [7, 11) is 0. The van der Waals surface area contributed by atoms with Crippen LogP contribution in [0.5, 0.6) is 0 Å². The Kier molecular flexibility index (Phi) is 5.34. The van der Waals surface area contributed by atoms with Gasteiger partial charge in [0.05, 0.1) is 13.2 Å². The lowest BCUT2D eigenvalue weighted by molar-refractivity contribution is -0.111. The summed E-state index contributed by atoms with van der Waals surface area (Å²) in [6.07, 6.45) is 0. The molecule has 0 atom stereocenters. The molecule has 1 saturated heterocycles. The SMILES string of the molecule is CC#CC(=O)Nc1ccc(F)c(-c2csc3c(=O)cc(N4CCOCC4)oc23)c1. The van der Waals surface area contributed by atoms with Gasteiger partial charge in [-0.3, -0.25) is 9.59 Å². The van der Waals surface area contributed by atoms with Crippen LogP contribution in [0.3, 0.4) is 0 Å². The molecule has 1 aromatic carbocycles. The van der Waals surface area contributed by atoms with E-state index < -0.39 is 11.7 Å². The van der Waals surface area contributed by atoms with Gasteiger partial charge in [-0.05, 0) is 31.0 Å². The monoisotopic (exact) mass is 412 g/mol. The fourth-order valence-electron chi connectivity index (χ4n) is 3.14. The van der Waals surface area contributed by atoms with E-state index in [1.807, 2.05) is 4.90 Å². The molecule has 3 heterocycles. The summed E-state index contributed by atoms with van der Waals surface area (Å²) in [4.78, 5) is 26.2. The Morgan fingerprint density at radius 1 is 1.24 bits per heavy atom. The third-order valence-corrected chi connectivity index (χ3v) is 5.48. The Morgan fingerprint density at radius 2 is 2.03 bits per heavy atom. The van der Waals surface area contributed by atoms with Crippen LogP contribution in [0.15, 0.2) is 38.9 Å². The molecule has 0 saturated carbocycles. The first-order valence-electron chi connectivity index (χ1n) is 8.98. The second-order valence-electron chi connectivity index (χ2n) is 6.38. The fraction of sp³-hybridized carbons (Fsp3) is 0.238. The molecule has 1 aliphatic heterocycles. The van der Waals surface area contributed by atoms with Crippen LogP contribution < -0.4 is 15.6 Å². The largest absolute Gasteiger partial charge is 0.439 e. The number of thiophene rings is 1. The number of morpholine rings is 1. The summed E-state index contributed by atoms with van der Waals surface area (Å²) >= 11 is 1.20. The minimum Gasteiger partial charge on any atom is -0.439 e. The Morgan fingerprint density at radius 3 is 2.79 bits per heavy atom. The first-order chi connectivity index (χ1) is 14.1. The topological polar surface area (TPSA) is 71.8 Å². The van der Waals surface area contributed by atoms with Crippen LogP contribution in [0.1, 0.15) is 6.92 Å². The maximum absolute atomic E-state index is 14.6. The first-order valence-corrected chi connectivity index (χ1v) is 9.86. The number of rotatable bonds is 3. The molecule has 0 unspecified atom stereocenters. The van der Waals surface area contributed by atoms with Gasteiger partial charge in [0.25, 0.3) is 5.91 Å². The molecule has 1 amide bonds. The zero-order valence-electron chi connectivity index (χ0n) is 15.6. The van der Waals surface area contributed by atoms with Crippen molar-refractivity contribution in [2.45, 2.75) is 6.92 Å². The van der Waals surface area contributed by atoms with E-state index in [4.69, 9.17) is 9.15 Å². The van der Waals surface area contributed by atoms with E-state index in [0.29, 0.717) is 53.7 Å². The highest BCUT2D eigenvalue weighted by Crippen LogP contribution is 2.36. The Labute approximate surface area is 169 Å². The van der Waals surface area contributed by atoms with E-state index in [9.17, 15) is 14.0 Å². The summed E-state index contributed by atoms with van der Waals surface area (Å²) in [6, 6.07) is 5.69. The van der Waals surface area contributed by atoms with E-state index in [2.05, 4.69) is 17.2 Å². The van der Waals surface area contributed by atoms with Crippen molar-refractivity contribution in [2.24, 2.45) is 0 Å². The van der Waals surface area contributed by atoms with Gasteiger partial charge in [-0.2, -0.15) is 0 Å². The molecule has 8 heteroatoms. The molecule has 4 rings (SSSR count). The van der Waals surface area contributed by atoms with E-state index in [1.54, 1.807) is 12.3 Å². The number of ether oxygens (including phenoxy) is 1. The van der Waals surface area contributed by atoms with Crippen LogP contribution in [0.2, 0.25) is 0 Å². The molecule has 2 aromatic heterocycles. The molecule has 0 radical (unpaired) electrons. The lowest BCUT2D eigenvalue weighted by Crippen LogP contribution is -2.36. The van der Waals surface area contributed by atoms with Crippen LogP contribution in [0.4, 0.5) is 16.0 Å². The van der Waals surface area contributed by atoms with E-state index >= 15 is 0 Å². The smallest absolute Gasteiger partial charge is 0.300 e. The van der Waals surface area contributed by atoms with Gasteiger partial charge in [0, 0.05) is 41.4 Å². The first kappa shape index (κ1) is 19.2. The predicted octanol–water partition coefficient (Wildman–Crippen LogP) is 3.46. The van der Waals surface area contributed by atoms with Crippen LogP contribution >= 0.6 is 11.3 Å². The highest BCUT2D eigenvalue weighted by atomic mass is 32.1. The highest BCUT2D eigenvalue weighted by molar-refractivity contribution is 7.17. The summed E-state index contributed by atoms with van der Waals surface area (Å²) in [6.45, 7) is 3.89. The highest BCUT2D eigenvalue weighted by Gasteiger charge is 2.20. The lowest BCUT2D eigenvalue weighted by Gasteiger charge is -2.27. The van der Waals surface area contributed by atoms with E-state index in [0.717, 1.165) is 0 Å². The van der Waals surface area contributed by atoms with Gasteiger partial charge >= 0.3 is 0 Å². The molecule has 6 nitrogen and oxygen atoms in total. The van der Waals surface area contributed by atoms with Crippen LogP contribution in [-0.4, -0.2) is 32.2 Å². The fourth-order valence-corrected chi connectivity index (χ4v) is 4.04. The van der Waals surface area contributed by atoms with Gasteiger partial charge in [0.15, 0.2) is 11.5 Å². The molecule has 148 valence electrons. The van der Waals surface area contributed by atoms with Crippen molar-refractivity contribution < 1.29 is 18.3 Å². The number of amides is 1. The summed E-state index contributed by atoms with van der Waals surface area (Å²) in [5.74, 6) is 4.36. The summed E-state index contributed by atoms with van der Waals surface area (Å²) < 4.78 is 26.4. The van der Waals surface area contributed by atoms with Gasteiger partial charge in [-0.1, -0.05) is 5.92 Å². The second kappa shape index (κ2) is 8.07. The van der Waals surface area contributed by atoms with Crippen molar-refractivity contribution in [2.75, 3.05) is 36.5 Å². The number of fused-ring (bicyclic) bond motifs is 1. The maximum atomic E-state index is 14.6. The van der Waals surface area contributed by atoms with Crippen molar-refractivity contribution in [3.05, 3.63) is 45.7 Å². The molecular formula is C21H17FN2O4S. The van der Waals surface area contributed by atoms with Crippen LogP contribution in [0.25, 0.3) is 21.4 Å². The molecular weight excluding hydrogens is 395 g/mol. The van der Waals surface area contributed by atoms with Crippen molar-refractivity contribution in [1.29, 1.82) is 0 Å². The third-order valence-electron chi connectivity index (χ3n) is 4.51. The number of nitrogens with zero attached hydrogens (tertiary/aromatic N) is 1. The third kappa shape index (κ3) is 3.88. The van der Waals surface area contributed by atoms with Gasteiger partial charge in [0.1, 0.15) is 10.5 Å². The molecule has 0 aliphatic carbocycles. The van der Waals surface area contributed by atoms with Crippen LogP contribution in [0, 0.1) is 17.7 Å². The number of carbonyl (C=O) groups is 1. The number of halogens is 1. The average molecular weight is 412 g/mol. The molecule has 0 bridgehead atoms. The van der Waals surface area contributed by atoms with Crippen molar-refractivity contribution in [3.63, 3.8) is 0 Å². The van der Waals surface area contributed by atoms with E-state index in [-0.39, 0.29) is 11.0 Å². The number of nitrogens with one attached hydrogen (secondary N) is 1. The minimum absolute atomic E-state index is 0.174. The molecule has 29 heavy (non-hydrogen) atoms. The quantitative estimate of drug-likeness (QED) is 0.667. The van der Waals surface area contributed by atoms with Crippen molar-refractivity contribution >= 4 is 39.1 Å². The zero-order chi connectivity index (χ0) is 20.4. The summed E-state index contributed by atoms with van der Waals surface area (Å²) in [5, 5.41) is 4.29. The van der Waals surface area contributed by atoms with Gasteiger partial charge in [-0.25, -0.2) is 4.39 Å². The van der Waals surface area contributed by atoms with Gasteiger partial charge in [-0.15, -0.1) is 11.3 Å². The van der Waals surface area contributed by atoms with Crippen LogP contribution in [-0.2, 0) is 9.53 Å². The van der Waals surface area contributed by atoms with Crippen molar-refractivity contribution in [3.8, 4) is 23.0 Å². The Bertz CT molecular complexity index is 1200. The Hall–Kier alpha value is -3.15. The number of hydrogen-bond acceptors (Lipinski definition) is 6. The van der Waals surface area contributed by atoms with Crippen molar-refractivity contribution in [1.82, 2.24) is 0 Å². The van der Waals surface area contributed by atoms with E-state index in [1.165, 1.54) is 35.6 Å². The minimum atomic E-state index is -0.485. The number of anilines is 2. The number of benzene rings is 1. The lowest BCUT2D eigenvalue weighted by atomic mass is 10.1. The normalized spacial score (nSPS) is 13.8. The molecule has 1 N–H and O–H groups in total. The second-order valence-corrected chi connectivity index (χ2v) is 7.26. The predicted molar refractivity (Wildman–Crippen MR) is 111 cm³/mol. The zero-order valence-corrected chi connectivity index (χ0v) is 16.4. The standard InChI is InChI=1S/C21H17FN2O4S/c1-2-3-18(26)23-13-4-5-16(22)14(10-13)15-12-29-21-17(25)11-19(28-20(15)21)24-6-8-27-9-7-24/h4-5,10-12H,6-9H2,1H3,(H,23,26).